The smallest absolute Gasteiger partial charge is 0.257 e. The number of anilines is 2. The normalized spacial score (nSPS) is 15.9. The monoisotopic (exact) mass is 657 g/mol. The van der Waals surface area contributed by atoms with Crippen LogP contribution in [0.3, 0.4) is 0 Å². The molecule has 0 unspecified atom stereocenters. The zero-order chi connectivity index (χ0) is 33.3. The number of ether oxygens (including phenoxy) is 1. The van der Waals surface area contributed by atoms with Crippen LogP contribution in [0, 0.1) is 0 Å². The first-order chi connectivity index (χ1) is 24.0. The van der Waals surface area contributed by atoms with Gasteiger partial charge in [0.2, 0.25) is 5.95 Å². The highest BCUT2D eigenvalue weighted by molar-refractivity contribution is 5.98. The molecule has 1 aromatic carbocycles. The molecule has 8 rings (SSSR count). The fourth-order valence-electron chi connectivity index (χ4n) is 6.93. The molecule has 0 radical (unpaired) electrons. The SMILES string of the molecule is CCOCCN1CCN(c2ncc(C(=O)N3CCc4cc(Cn5nc(-c6cnc7c(c6)C=CC7)c6c(N)ncnc65)ccc4C3)cn2)CC1. The van der Waals surface area contributed by atoms with E-state index in [4.69, 9.17) is 15.6 Å². The summed E-state index contributed by atoms with van der Waals surface area (Å²) in [6.45, 7) is 9.75. The molecule has 0 saturated carbocycles. The molecule has 2 N–H and O–H groups in total. The maximum atomic E-state index is 13.5. The van der Waals surface area contributed by atoms with Crippen molar-refractivity contribution in [1.82, 2.24) is 44.5 Å². The number of hydrogen-bond donors (Lipinski definition) is 1. The first-order valence-electron chi connectivity index (χ1n) is 16.9. The number of amides is 1. The second-order valence-electron chi connectivity index (χ2n) is 12.7. The molecule has 1 amide bonds. The fourth-order valence-corrected chi connectivity index (χ4v) is 6.93. The van der Waals surface area contributed by atoms with Crippen molar-refractivity contribution in [2.75, 3.05) is 63.1 Å². The Balaban J connectivity index is 0.936. The van der Waals surface area contributed by atoms with E-state index in [9.17, 15) is 4.79 Å². The summed E-state index contributed by atoms with van der Waals surface area (Å²) in [6, 6.07) is 8.53. The van der Waals surface area contributed by atoms with Crippen molar-refractivity contribution < 1.29 is 9.53 Å². The number of carbonyl (C=O) groups excluding carboxylic acids is 1. The van der Waals surface area contributed by atoms with E-state index >= 15 is 0 Å². The van der Waals surface area contributed by atoms with Crippen LogP contribution >= 0.6 is 0 Å². The number of nitrogens with zero attached hydrogens (tertiary/aromatic N) is 10. The first kappa shape index (κ1) is 31.0. The van der Waals surface area contributed by atoms with Gasteiger partial charge in [-0.3, -0.25) is 14.7 Å². The lowest BCUT2D eigenvalue weighted by Crippen LogP contribution is -2.48. The average Bonchev–Trinajstić information content (AvgIpc) is 3.77. The highest BCUT2D eigenvalue weighted by Gasteiger charge is 2.25. The first-order valence-corrected chi connectivity index (χ1v) is 16.9. The number of carbonyl (C=O) groups is 1. The van der Waals surface area contributed by atoms with Crippen LogP contribution in [0.15, 0.2) is 55.3 Å². The molecule has 1 aliphatic carbocycles. The van der Waals surface area contributed by atoms with Crippen LogP contribution in [0.2, 0.25) is 0 Å². The number of rotatable bonds is 9. The molecule has 2 aliphatic heterocycles. The topological polar surface area (TPSA) is 144 Å². The molecule has 13 heteroatoms. The lowest BCUT2D eigenvalue weighted by molar-refractivity contribution is 0.0734. The Morgan fingerprint density at radius 2 is 1.82 bits per heavy atom. The van der Waals surface area contributed by atoms with E-state index in [1.807, 2.05) is 22.7 Å². The van der Waals surface area contributed by atoms with Gasteiger partial charge in [-0.15, -0.1) is 0 Å². The molecular weight excluding hydrogens is 618 g/mol. The molecule has 250 valence electrons. The van der Waals surface area contributed by atoms with Crippen LogP contribution < -0.4 is 10.6 Å². The summed E-state index contributed by atoms with van der Waals surface area (Å²) >= 11 is 0. The van der Waals surface area contributed by atoms with E-state index in [2.05, 4.69) is 71.1 Å². The number of hydrogen-bond acceptors (Lipinski definition) is 11. The van der Waals surface area contributed by atoms with Gasteiger partial charge in [-0.05, 0) is 41.7 Å². The van der Waals surface area contributed by atoms with Gasteiger partial charge >= 0.3 is 0 Å². The van der Waals surface area contributed by atoms with Gasteiger partial charge in [0.05, 0.1) is 29.8 Å². The van der Waals surface area contributed by atoms with Crippen LogP contribution in [0.4, 0.5) is 11.8 Å². The quantitative estimate of drug-likeness (QED) is 0.233. The summed E-state index contributed by atoms with van der Waals surface area (Å²) in [5.41, 5.74) is 14.8. The van der Waals surface area contributed by atoms with Crippen LogP contribution in [-0.2, 0) is 30.7 Å². The summed E-state index contributed by atoms with van der Waals surface area (Å²) < 4.78 is 7.38. The Kier molecular flexibility index (Phi) is 8.44. The maximum Gasteiger partial charge on any atom is 0.257 e. The minimum Gasteiger partial charge on any atom is -0.383 e. The zero-order valence-corrected chi connectivity index (χ0v) is 27.6. The average molecular weight is 658 g/mol. The fraction of sp³-hybridized carbons (Fsp3) is 0.361. The number of piperazine rings is 1. The number of pyridine rings is 1. The minimum atomic E-state index is -0.0497. The summed E-state index contributed by atoms with van der Waals surface area (Å²) in [5.74, 6) is 1.01. The van der Waals surface area contributed by atoms with Crippen molar-refractivity contribution in [3.8, 4) is 11.3 Å². The van der Waals surface area contributed by atoms with Crippen molar-refractivity contribution >= 4 is 34.8 Å². The van der Waals surface area contributed by atoms with Crippen molar-refractivity contribution in [1.29, 1.82) is 0 Å². The molecule has 0 atom stereocenters. The molecule has 1 saturated heterocycles. The second-order valence-corrected chi connectivity index (χ2v) is 12.7. The number of fused-ring (bicyclic) bond motifs is 3. The Bertz CT molecular complexity index is 2030. The molecule has 3 aliphatic rings. The summed E-state index contributed by atoms with van der Waals surface area (Å²) in [6.07, 6.45) is 12.5. The number of nitrogens with two attached hydrogens (primary N) is 1. The van der Waals surface area contributed by atoms with Crippen LogP contribution in [-0.4, -0.2) is 103 Å². The van der Waals surface area contributed by atoms with Gasteiger partial charge in [-0.1, -0.05) is 30.4 Å². The molecule has 13 nitrogen and oxygen atoms in total. The zero-order valence-electron chi connectivity index (χ0n) is 27.6. The van der Waals surface area contributed by atoms with E-state index in [-0.39, 0.29) is 5.91 Å². The highest BCUT2D eigenvalue weighted by Crippen LogP contribution is 2.32. The largest absolute Gasteiger partial charge is 0.383 e. The Hall–Kier alpha value is -5.27. The van der Waals surface area contributed by atoms with Crippen LogP contribution in [0.25, 0.3) is 28.4 Å². The molecule has 5 aromatic rings. The Labute approximate surface area is 284 Å². The molecule has 4 aromatic heterocycles. The van der Waals surface area contributed by atoms with Crippen molar-refractivity contribution in [3.63, 3.8) is 0 Å². The number of allylic oxidation sites excluding steroid dienone is 1. The van der Waals surface area contributed by atoms with Crippen molar-refractivity contribution in [2.45, 2.75) is 32.9 Å². The molecule has 1 fully saturated rings. The number of benzene rings is 1. The summed E-state index contributed by atoms with van der Waals surface area (Å²) in [7, 11) is 0. The van der Waals surface area contributed by atoms with Crippen molar-refractivity contribution in [2.24, 2.45) is 0 Å². The predicted octanol–water partition coefficient (Wildman–Crippen LogP) is 3.24. The molecular formula is C36H39N11O2. The second kappa shape index (κ2) is 13.3. The molecule has 0 bridgehead atoms. The standard InChI is InChI=1S/C36H39N11O2/c1-2-49-15-14-44-10-12-45(13-11-44)36-39-19-29(20-40-36)35(48)46-9-8-25-16-24(6-7-27(25)22-46)21-47-34-31(33(37)41-23-42-34)32(43-47)28-17-26-4-3-5-30(26)38-18-28/h3-4,6-7,16-20,23H,2,5,8-15,21-22H2,1H3,(H2,37,41,42). The summed E-state index contributed by atoms with van der Waals surface area (Å²) in [5, 5.41) is 5.70. The minimum absolute atomic E-state index is 0.0497. The lowest BCUT2D eigenvalue weighted by atomic mass is 9.97. The Morgan fingerprint density at radius 1 is 0.959 bits per heavy atom. The van der Waals surface area contributed by atoms with E-state index in [0.717, 1.165) is 97.8 Å². The van der Waals surface area contributed by atoms with Crippen LogP contribution in [0.1, 0.15) is 45.2 Å². The highest BCUT2D eigenvalue weighted by atomic mass is 16.5. The van der Waals surface area contributed by atoms with E-state index in [1.165, 1.54) is 11.9 Å². The van der Waals surface area contributed by atoms with Gasteiger partial charge in [0.25, 0.3) is 5.91 Å². The molecule has 49 heavy (non-hydrogen) atoms. The van der Waals surface area contributed by atoms with Gasteiger partial charge in [0.1, 0.15) is 17.8 Å². The number of nitrogen functional groups attached to an aromatic ring is 1. The maximum absolute atomic E-state index is 13.5. The van der Waals surface area contributed by atoms with Gasteiger partial charge < -0.3 is 20.3 Å². The number of aromatic nitrogens is 7. The lowest BCUT2D eigenvalue weighted by Gasteiger charge is -2.34. The van der Waals surface area contributed by atoms with E-state index < -0.39 is 0 Å². The van der Waals surface area contributed by atoms with E-state index in [0.29, 0.717) is 42.6 Å². The summed E-state index contributed by atoms with van der Waals surface area (Å²) in [4.78, 5) is 42.5. The third-order valence-corrected chi connectivity index (χ3v) is 9.64. The third-order valence-electron chi connectivity index (χ3n) is 9.64. The Morgan fingerprint density at radius 3 is 2.65 bits per heavy atom. The predicted molar refractivity (Wildman–Crippen MR) is 187 cm³/mol. The van der Waals surface area contributed by atoms with E-state index in [1.54, 1.807) is 12.4 Å². The van der Waals surface area contributed by atoms with Crippen LogP contribution in [0.5, 0.6) is 0 Å². The molecule has 0 spiro atoms. The molecule has 6 heterocycles. The van der Waals surface area contributed by atoms with Gasteiger partial charge in [0, 0.05) is 83.0 Å². The van der Waals surface area contributed by atoms with Gasteiger partial charge in [-0.25, -0.2) is 24.6 Å². The third kappa shape index (κ3) is 6.22. The van der Waals surface area contributed by atoms with Gasteiger partial charge in [-0.2, -0.15) is 5.10 Å². The van der Waals surface area contributed by atoms with Gasteiger partial charge in [0.15, 0.2) is 5.65 Å². The van der Waals surface area contributed by atoms with Crippen molar-refractivity contribution in [3.05, 3.63) is 88.8 Å².